The monoisotopic (exact) mass is 607 g/mol. The topological polar surface area (TPSA) is 125 Å². The quantitative estimate of drug-likeness (QED) is 0.235. The number of hydrogen-bond acceptors (Lipinski definition) is 6. The number of nitrogens with zero attached hydrogens (tertiary/aromatic N) is 2. The number of carboxylic acid groups (broad SMARTS) is 1. The van der Waals surface area contributed by atoms with Crippen LogP contribution in [0.2, 0.25) is 0 Å². The molecule has 45 heavy (non-hydrogen) atoms. The molecule has 0 radical (unpaired) electrons. The third kappa shape index (κ3) is 6.87. The maximum Gasteiger partial charge on any atom is 0.303 e. The number of hydrogen-bond donors (Lipinski definition) is 2. The highest BCUT2D eigenvalue weighted by Gasteiger charge is 2.54. The highest BCUT2D eigenvalue weighted by molar-refractivity contribution is 6.22. The number of nitrogens with one attached hydrogen (secondary N) is 1. The number of allylic oxidation sites excluding steroid dienone is 1. The van der Waals surface area contributed by atoms with Crippen molar-refractivity contribution >= 4 is 29.9 Å². The van der Waals surface area contributed by atoms with Gasteiger partial charge in [0.05, 0.1) is 23.1 Å². The number of aliphatic carboxylic acids is 1. The fourth-order valence-corrected chi connectivity index (χ4v) is 6.11. The Kier molecular flexibility index (Phi) is 9.56. The van der Waals surface area contributed by atoms with E-state index in [0.717, 1.165) is 16.0 Å². The summed E-state index contributed by atoms with van der Waals surface area (Å²) >= 11 is 0. The van der Waals surface area contributed by atoms with Crippen LogP contribution in [0, 0.1) is 11.8 Å². The van der Waals surface area contributed by atoms with E-state index in [1.54, 1.807) is 36.6 Å². The van der Waals surface area contributed by atoms with Crippen LogP contribution in [-0.2, 0) is 22.7 Å². The summed E-state index contributed by atoms with van der Waals surface area (Å²) < 4.78 is 5.92. The van der Waals surface area contributed by atoms with Gasteiger partial charge in [0.2, 0.25) is 5.91 Å². The molecular weight excluding hydrogens is 570 g/mol. The molecule has 0 bridgehead atoms. The molecule has 9 nitrogen and oxygen atoms in total. The second kappa shape index (κ2) is 13.7. The highest BCUT2D eigenvalue weighted by Crippen LogP contribution is 2.42. The zero-order valence-corrected chi connectivity index (χ0v) is 25.4. The fourth-order valence-electron chi connectivity index (χ4n) is 6.11. The Morgan fingerprint density at radius 2 is 1.60 bits per heavy atom. The van der Waals surface area contributed by atoms with E-state index in [-0.39, 0.29) is 48.9 Å². The van der Waals surface area contributed by atoms with Crippen LogP contribution in [0.3, 0.4) is 0 Å². The molecule has 9 heteroatoms. The van der Waals surface area contributed by atoms with Gasteiger partial charge in [0.1, 0.15) is 17.9 Å². The van der Waals surface area contributed by atoms with Crippen molar-refractivity contribution in [2.75, 3.05) is 0 Å². The summed E-state index contributed by atoms with van der Waals surface area (Å²) in [5, 5.41) is 12.7. The van der Waals surface area contributed by atoms with Crippen LogP contribution >= 0.6 is 0 Å². The van der Waals surface area contributed by atoms with Crippen molar-refractivity contribution in [3.05, 3.63) is 113 Å². The lowest BCUT2D eigenvalue weighted by Crippen LogP contribution is -2.59. The van der Waals surface area contributed by atoms with Crippen LogP contribution in [0.15, 0.2) is 96.0 Å². The zero-order chi connectivity index (χ0) is 32.0. The van der Waals surface area contributed by atoms with Crippen molar-refractivity contribution in [2.24, 2.45) is 16.8 Å². The number of benzene rings is 3. The summed E-state index contributed by atoms with van der Waals surface area (Å²) in [5.74, 6) is -2.79. The minimum atomic E-state index is -1.36. The molecule has 2 heterocycles. The number of aliphatic imine (C=N–C) groups is 1. The van der Waals surface area contributed by atoms with Gasteiger partial charge >= 0.3 is 5.97 Å². The molecule has 0 aliphatic carbocycles. The van der Waals surface area contributed by atoms with Crippen molar-refractivity contribution in [1.82, 2.24) is 10.2 Å². The van der Waals surface area contributed by atoms with E-state index in [2.05, 4.69) is 5.32 Å². The van der Waals surface area contributed by atoms with Gasteiger partial charge in [-0.15, -0.1) is 0 Å². The molecule has 5 rings (SSSR count). The van der Waals surface area contributed by atoms with E-state index < -0.39 is 35.3 Å². The maximum absolute atomic E-state index is 14.1. The van der Waals surface area contributed by atoms with E-state index in [4.69, 9.17) is 9.73 Å². The van der Waals surface area contributed by atoms with Crippen molar-refractivity contribution in [3.63, 3.8) is 0 Å². The predicted octanol–water partition coefficient (Wildman–Crippen LogP) is 5.45. The largest absolute Gasteiger partial charge is 0.489 e. The van der Waals surface area contributed by atoms with Gasteiger partial charge in [-0.25, -0.2) is 0 Å². The van der Waals surface area contributed by atoms with Crippen LogP contribution in [0.1, 0.15) is 65.0 Å². The molecule has 0 spiro atoms. The number of fused-ring (bicyclic) bond motifs is 1. The summed E-state index contributed by atoms with van der Waals surface area (Å²) in [7, 11) is 0. The van der Waals surface area contributed by atoms with E-state index in [0.29, 0.717) is 12.2 Å². The normalized spacial score (nSPS) is 18.2. The van der Waals surface area contributed by atoms with Gasteiger partial charge in [0.15, 0.2) is 0 Å². The fraction of sp³-hybridized carbons (Fsp3) is 0.306. The first kappa shape index (κ1) is 31.4. The van der Waals surface area contributed by atoms with Crippen LogP contribution < -0.4 is 10.1 Å². The Balaban J connectivity index is 1.48. The standard InChI is InChI=1S/C36H37N3O6/c1-24(2)20-30(33(42)37-22-25-10-5-3-6-11-25)36(18-9-19-38-36)31(16-17-32(40)41)39-34(43)28-15-14-27(21-29(28)35(39)44)45-23-26-12-7-4-8-13-26/h3-15,18-19,21,24,30-31H,16-17,20,22-23H2,1-2H3,(H,37,42)(H,40,41). The third-order valence-electron chi connectivity index (χ3n) is 8.25. The van der Waals surface area contributed by atoms with Crippen molar-refractivity contribution < 1.29 is 29.0 Å². The number of carbonyl (C=O) groups excluding carboxylic acids is 3. The number of amides is 3. The van der Waals surface area contributed by atoms with Crippen LogP contribution in [0.4, 0.5) is 0 Å². The average Bonchev–Trinajstić information content (AvgIpc) is 3.62. The molecule has 0 saturated carbocycles. The Bertz CT molecular complexity index is 1600. The molecule has 232 valence electrons. The number of rotatable bonds is 14. The number of ether oxygens (including phenoxy) is 1. The minimum Gasteiger partial charge on any atom is -0.489 e. The van der Waals surface area contributed by atoms with Gasteiger partial charge in [0, 0.05) is 19.2 Å². The summed E-state index contributed by atoms with van der Waals surface area (Å²) in [6, 6.07) is 22.8. The first-order valence-electron chi connectivity index (χ1n) is 15.1. The highest BCUT2D eigenvalue weighted by atomic mass is 16.5. The molecule has 0 fully saturated rings. The summed E-state index contributed by atoms with van der Waals surface area (Å²) in [4.78, 5) is 59.7. The van der Waals surface area contributed by atoms with Gasteiger partial charge in [0.25, 0.3) is 11.8 Å². The van der Waals surface area contributed by atoms with Crippen LogP contribution in [-0.4, -0.2) is 51.5 Å². The average molecular weight is 608 g/mol. The first-order valence-corrected chi connectivity index (χ1v) is 15.1. The molecular formula is C36H37N3O6. The lowest BCUT2D eigenvalue weighted by atomic mass is 9.72. The lowest BCUT2D eigenvalue weighted by Gasteiger charge is -2.43. The Labute approximate surface area is 262 Å². The Morgan fingerprint density at radius 3 is 2.22 bits per heavy atom. The van der Waals surface area contributed by atoms with Crippen molar-refractivity contribution in [1.29, 1.82) is 0 Å². The number of carboxylic acids is 1. The molecule has 3 aromatic rings. The predicted molar refractivity (Wildman–Crippen MR) is 170 cm³/mol. The van der Waals surface area contributed by atoms with E-state index in [1.807, 2.05) is 74.5 Å². The summed E-state index contributed by atoms with van der Waals surface area (Å²) in [5.41, 5.74) is 0.871. The van der Waals surface area contributed by atoms with Crippen LogP contribution in [0.25, 0.3) is 0 Å². The number of carbonyl (C=O) groups is 4. The van der Waals surface area contributed by atoms with Gasteiger partial charge in [-0.1, -0.05) is 80.6 Å². The second-order valence-corrected chi connectivity index (χ2v) is 11.8. The van der Waals surface area contributed by atoms with Crippen LogP contribution in [0.5, 0.6) is 5.75 Å². The van der Waals surface area contributed by atoms with Crippen molar-refractivity contribution in [2.45, 2.75) is 57.8 Å². The van der Waals surface area contributed by atoms with E-state index in [1.165, 1.54) is 0 Å². The smallest absolute Gasteiger partial charge is 0.303 e. The Hall–Kier alpha value is -5.05. The van der Waals surface area contributed by atoms with Gasteiger partial charge < -0.3 is 15.2 Å². The Morgan fingerprint density at radius 1 is 0.933 bits per heavy atom. The van der Waals surface area contributed by atoms with Gasteiger partial charge in [-0.05, 0) is 54.2 Å². The third-order valence-corrected chi connectivity index (χ3v) is 8.25. The van der Waals surface area contributed by atoms with E-state index in [9.17, 15) is 24.3 Å². The molecule has 3 aromatic carbocycles. The van der Waals surface area contributed by atoms with Gasteiger partial charge in [-0.3, -0.25) is 29.1 Å². The molecule has 0 aromatic heterocycles. The lowest BCUT2D eigenvalue weighted by molar-refractivity contribution is -0.137. The number of imide groups is 1. The molecule has 0 saturated heterocycles. The van der Waals surface area contributed by atoms with Crippen molar-refractivity contribution in [3.8, 4) is 5.75 Å². The molecule has 2 aliphatic heterocycles. The maximum atomic E-state index is 14.1. The molecule has 2 N–H and O–H groups in total. The van der Waals surface area contributed by atoms with E-state index >= 15 is 0 Å². The first-order chi connectivity index (χ1) is 21.7. The molecule has 2 aliphatic rings. The molecule has 3 atom stereocenters. The van der Waals surface area contributed by atoms with Gasteiger partial charge in [-0.2, -0.15) is 0 Å². The summed E-state index contributed by atoms with van der Waals surface area (Å²) in [6.45, 7) is 4.54. The zero-order valence-electron chi connectivity index (χ0n) is 25.4. The second-order valence-electron chi connectivity index (χ2n) is 11.8. The minimum absolute atomic E-state index is 0.0603. The SMILES string of the molecule is CC(C)CC(C(=O)NCc1ccccc1)C1(C(CCC(=O)O)N2C(=O)c3ccc(OCc4ccccc4)cc3C2=O)C=CC=N1. The molecule has 3 unspecified atom stereocenters. The molecule has 3 amide bonds. The summed E-state index contributed by atoms with van der Waals surface area (Å²) in [6.07, 6.45) is 4.98.